The van der Waals surface area contributed by atoms with Gasteiger partial charge in [0.05, 0.1) is 6.61 Å². The summed E-state index contributed by atoms with van der Waals surface area (Å²) in [5, 5.41) is 14.4. The van der Waals surface area contributed by atoms with E-state index in [9.17, 15) is 19.5 Å². The number of anilines is 1. The number of ether oxygens (including phenoxy) is 1. The Morgan fingerprint density at radius 2 is 1.90 bits per heavy atom. The minimum atomic E-state index is -1.37. The Kier molecular flexibility index (Phi) is 4.23. The molecule has 1 fully saturated rings. The molecule has 1 aromatic rings. The SMILES string of the molecule is CC(=O)Nc1ccc(C(=O)NC2(C(=O)O)CCOC2)cc1. The van der Waals surface area contributed by atoms with Gasteiger partial charge in [0.2, 0.25) is 5.91 Å². The van der Waals surface area contributed by atoms with Gasteiger partial charge in [-0.1, -0.05) is 0 Å². The average Bonchev–Trinajstić information content (AvgIpc) is 2.88. The van der Waals surface area contributed by atoms with Crippen molar-refractivity contribution in [2.24, 2.45) is 0 Å². The largest absolute Gasteiger partial charge is 0.479 e. The van der Waals surface area contributed by atoms with Gasteiger partial charge in [-0.15, -0.1) is 0 Å². The predicted octanol–water partition coefficient (Wildman–Crippen LogP) is 0.618. The maximum atomic E-state index is 12.1. The van der Waals surface area contributed by atoms with Crippen molar-refractivity contribution in [1.29, 1.82) is 0 Å². The lowest BCUT2D eigenvalue weighted by atomic mass is 9.98. The van der Waals surface area contributed by atoms with E-state index in [2.05, 4.69) is 10.6 Å². The topological polar surface area (TPSA) is 105 Å². The fourth-order valence-electron chi connectivity index (χ4n) is 2.08. The van der Waals surface area contributed by atoms with E-state index < -0.39 is 17.4 Å². The van der Waals surface area contributed by atoms with Crippen molar-refractivity contribution in [3.8, 4) is 0 Å². The fraction of sp³-hybridized carbons (Fsp3) is 0.357. The molecule has 1 atom stereocenters. The van der Waals surface area contributed by atoms with Crippen molar-refractivity contribution in [3.05, 3.63) is 29.8 Å². The van der Waals surface area contributed by atoms with Crippen LogP contribution in [0.4, 0.5) is 5.69 Å². The molecular formula is C14H16N2O5. The number of carbonyl (C=O) groups is 3. The number of carbonyl (C=O) groups excluding carboxylic acids is 2. The molecule has 7 heteroatoms. The van der Waals surface area contributed by atoms with Crippen LogP contribution in [0.3, 0.4) is 0 Å². The molecule has 1 heterocycles. The molecule has 1 unspecified atom stereocenters. The first kappa shape index (κ1) is 15.0. The van der Waals surface area contributed by atoms with Crippen molar-refractivity contribution >= 4 is 23.5 Å². The van der Waals surface area contributed by atoms with Crippen molar-refractivity contribution in [1.82, 2.24) is 5.32 Å². The highest BCUT2D eigenvalue weighted by Gasteiger charge is 2.44. The minimum absolute atomic E-state index is 0.0436. The van der Waals surface area contributed by atoms with Gasteiger partial charge in [-0.25, -0.2) is 4.79 Å². The summed E-state index contributed by atoms with van der Waals surface area (Å²) in [7, 11) is 0. The number of hydrogen-bond donors (Lipinski definition) is 3. The van der Waals surface area contributed by atoms with Crippen LogP contribution in [0.5, 0.6) is 0 Å². The summed E-state index contributed by atoms with van der Waals surface area (Å²) in [4.78, 5) is 34.4. The van der Waals surface area contributed by atoms with Crippen LogP contribution in [0, 0.1) is 0 Å². The maximum Gasteiger partial charge on any atom is 0.331 e. The van der Waals surface area contributed by atoms with Gasteiger partial charge in [-0.2, -0.15) is 0 Å². The van der Waals surface area contributed by atoms with Crippen LogP contribution in [0.1, 0.15) is 23.7 Å². The molecule has 1 aromatic carbocycles. The van der Waals surface area contributed by atoms with E-state index in [1.54, 1.807) is 12.1 Å². The van der Waals surface area contributed by atoms with Gasteiger partial charge in [0.15, 0.2) is 5.54 Å². The van der Waals surface area contributed by atoms with Crippen LogP contribution in [-0.2, 0) is 14.3 Å². The lowest BCUT2D eigenvalue weighted by molar-refractivity contribution is -0.144. The van der Waals surface area contributed by atoms with Crippen LogP contribution in [-0.4, -0.2) is 41.6 Å². The number of rotatable bonds is 4. The summed E-state index contributed by atoms with van der Waals surface area (Å²) in [5.41, 5.74) is -0.485. The molecule has 0 spiro atoms. The summed E-state index contributed by atoms with van der Waals surface area (Å²) in [6, 6.07) is 6.20. The zero-order valence-corrected chi connectivity index (χ0v) is 11.5. The van der Waals surface area contributed by atoms with E-state index in [1.165, 1.54) is 19.1 Å². The third-order valence-electron chi connectivity index (χ3n) is 3.25. The smallest absolute Gasteiger partial charge is 0.331 e. The van der Waals surface area contributed by atoms with Gasteiger partial charge < -0.3 is 20.5 Å². The molecule has 2 amide bonds. The zero-order chi connectivity index (χ0) is 15.5. The summed E-state index contributed by atoms with van der Waals surface area (Å²) in [6.45, 7) is 1.64. The second-order valence-corrected chi connectivity index (χ2v) is 4.90. The highest BCUT2D eigenvalue weighted by molar-refractivity contribution is 5.98. The Balaban J connectivity index is 2.09. The molecule has 3 N–H and O–H groups in total. The quantitative estimate of drug-likeness (QED) is 0.754. The molecule has 0 bridgehead atoms. The van der Waals surface area contributed by atoms with Crippen LogP contribution in [0.2, 0.25) is 0 Å². The first-order valence-corrected chi connectivity index (χ1v) is 6.44. The van der Waals surface area contributed by atoms with Crippen molar-refractivity contribution in [2.45, 2.75) is 18.9 Å². The Labute approximate surface area is 121 Å². The maximum absolute atomic E-state index is 12.1. The monoisotopic (exact) mass is 292 g/mol. The second-order valence-electron chi connectivity index (χ2n) is 4.90. The lowest BCUT2D eigenvalue weighted by Crippen LogP contribution is -2.55. The number of carboxylic acids is 1. The number of amides is 2. The number of hydrogen-bond acceptors (Lipinski definition) is 4. The van der Waals surface area contributed by atoms with Gasteiger partial charge >= 0.3 is 5.97 Å². The van der Waals surface area contributed by atoms with Crippen molar-refractivity contribution in [2.75, 3.05) is 18.5 Å². The van der Waals surface area contributed by atoms with E-state index >= 15 is 0 Å². The second kappa shape index (κ2) is 5.92. The molecule has 0 aliphatic carbocycles. The summed E-state index contributed by atoms with van der Waals surface area (Å²) in [6.07, 6.45) is 0.234. The molecule has 0 radical (unpaired) electrons. The third-order valence-corrected chi connectivity index (χ3v) is 3.25. The zero-order valence-electron chi connectivity index (χ0n) is 11.5. The highest BCUT2D eigenvalue weighted by Crippen LogP contribution is 2.20. The Morgan fingerprint density at radius 1 is 1.24 bits per heavy atom. The first-order valence-electron chi connectivity index (χ1n) is 6.44. The molecule has 0 saturated carbocycles. The molecule has 1 saturated heterocycles. The van der Waals surface area contributed by atoms with Gasteiger partial charge in [-0.3, -0.25) is 9.59 Å². The lowest BCUT2D eigenvalue weighted by Gasteiger charge is -2.23. The predicted molar refractivity (Wildman–Crippen MR) is 74.0 cm³/mol. The molecular weight excluding hydrogens is 276 g/mol. The Bertz CT molecular complexity index is 561. The molecule has 112 valence electrons. The van der Waals surface area contributed by atoms with E-state index in [0.717, 1.165) is 0 Å². The third kappa shape index (κ3) is 3.38. The van der Waals surface area contributed by atoms with Crippen LogP contribution >= 0.6 is 0 Å². The van der Waals surface area contributed by atoms with Crippen molar-refractivity contribution < 1.29 is 24.2 Å². The average molecular weight is 292 g/mol. The minimum Gasteiger partial charge on any atom is -0.479 e. The molecule has 2 rings (SSSR count). The summed E-state index contributed by atoms with van der Waals surface area (Å²) >= 11 is 0. The normalized spacial score (nSPS) is 20.8. The van der Waals surface area contributed by atoms with Gasteiger partial charge in [0.25, 0.3) is 5.91 Å². The fourth-order valence-corrected chi connectivity index (χ4v) is 2.08. The van der Waals surface area contributed by atoms with E-state index in [4.69, 9.17) is 4.74 Å². The molecule has 7 nitrogen and oxygen atoms in total. The van der Waals surface area contributed by atoms with Gasteiger partial charge in [0.1, 0.15) is 0 Å². The molecule has 0 aromatic heterocycles. The van der Waals surface area contributed by atoms with Crippen LogP contribution in [0.15, 0.2) is 24.3 Å². The number of benzene rings is 1. The Hall–Kier alpha value is -2.41. The van der Waals surface area contributed by atoms with E-state index in [1.807, 2.05) is 0 Å². The highest BCUT2D eigenvalue weighted by atomic mass is 16.5. The van der Waals surface area contributed by atoms with E-state index in [-0.39, 0.29) is 18.9 Å². The van der Waals surface area contributed by atoms with Crippen LogP contribution in [0.25, 0.3) is 0 Å². The standard InChI is InChI=1S/C14H16N2O5/c1-9(17)15-11-4-2-10(3-5-11)12(18)16-14(13(19)20)6-7-21-8-14/h2-5H,6-8H2,1H3,(H,15,17)(H,16,18)(H,19,20). The number of carboxylic acid groups (broad SMARTS) is 1. The van der Waals surface area contributed by atoms with E-state index in [0.29, 0.717) is 17.9 Å². The summed E-state index contributed by atoms with van der Waals surface area (Å²) < 4.78 is 5.08. The van der Waals surface area contributed by atoms with Crippen molar-refractivity contribution in [3.63, 3.8) is 0 Å². The summed E-state index contributed by atoms with van der Waals surface area (Å²) in [5.74, 6) is -1.80. The van der Waals surface area contributed by atoms with Gasteiger partial charge in [-0.05, 0) is 24.3 Å². The van der Waals surface area contributed by atoms with Gasteiger partial charge in [0, 0.05) is 31.2 Å². The molecule has 1 aliphatic heterocycles. The Morgan fingerprint density at radius 3 is 2.38 bits per heavy atom. The molecule has 21 heavy (non-hydrogen) atoms. The first-order chi connectivity index (χ1) is 9.93. The number of nitrogens with one attached hydrogen (secondary N) is 2. The molecule has 1 aliphatic rings. The van der Waals surface area contributed by atoms with Crippen LogP contribution < -0.4 is 10.6 Å². The number of aliphatic carboxylic acids is 1.